The minimum absolute atomic E-state index is 0.0615. The highest BCUT2D eigenvalue weighted by Gasteiger charge is 2.25. The van der Waals surface area contributed by atoms with Gasteiger partial charge >= 0.3 is 0 Å². The van der Waals surface area contributed by atoms with Crippen LogP contribution in [0.15, 0.2) is 83.8 Å². The van der Waals surface area contributed by atoms with Crippen LogP contribution in [0.1, 0.15) is 6.92 Å². The Labute approximate surface area is 209 Å². The van der Waals surface area contributed by atoms with Gasteiger partial charge in [-0.25, -0.2) is 18.4 Å². The summed E-state index contributed by atoms with van der Waals surface area (Å²) in [5, 5.41) is 2.63. The maximum absolute atomic E-state index is 13.3. The van der Waals surface area contributed by atoms with Crippen LogP contribution >= 0.6 is 0 Å². The van der Waals surface area contributed by atoms with E-state index in [0.29, 0.717) is 35.6 Å². The molecule has 1 fully saturated rings. The number of hydrogen-bond acceptors (Lipinski definition) is 7. The number of carbonyl (C=O) groups is 1. The van der Waals surface area contributed by atoms with Crippen molar-refractivity contribution >= 4 is 50.0 Å². The highest BCUT2D eigenvalue weighted by molar-refractivity contribution is 7.92. The molecule has 184 valence electrons. The molecule has 2 heterocycles. The third-order valence-electron chi connectivity index (χ3n) is 5.97. The standard InChI is InChI=1S/C26H26N6O3S/c1-19(33)27-20-11-13-22(14-12-20)36(34,35)30-25-26(29-24-10-6-5-9-23(24)28-25)32-17-15-31(16-18-32)21-7-3-2-4-8-21/h2-14H,15-18H2,1H3,(H,27,33)(H,28,30). The van der Waals surface area contributed by atoms with Gasteiger partial charge in [0.15, 0.2) is 11.6 Å². The summed E-state index contributed by atoms with van der Waals surface area (Å²) in [6, 6.07) is 23.6. The third kappa shape index (κ3) is 5.08. The van der Waals surface area contributed by atoms with E-state index in [1.54, 1.807) is 18.2 Å². The summed E-state index contributed by atoms with van der Waals surface area (Å²) in [5.74, 6) is 0.458. The highest BCUT2D eigenvalue weighted by Crippen LogP contribution is 2.29. The largest absolute Gasteiger partial charge is 0.368 e. The molecule has 5 rings (SSSR count). The maximum atomic E-state index is 13.3. The van der Waals surface area contributed by atoms with E-state index in [9.17, 15) is 13.2 Å². The van der Waals surface area contributed by atoms with Gasteiger partial charge in [-0.05, 0) is 48.5 Å². The second-order valence-corrected chi connectivity index (χ2v) is 10.2. The Morgan fingerprint density at radius 2 is 1.36 bits per heavy atom. The number of nitrogens with zero attached hydrogens (tertiary/aromatic N) is 4. The molecule has 2 N–H and O–H groups in total. The fourth-order valence-electron chi connectivity index (χ4n) is 4.20. The van der Waals surface area contributed by atoms with Gasteiger partial charge in [0.05, 0.1) is 15.9 Å². The van der Waals surface area contributed by atoms with Crippen LogP contribution < -0.4 is 19.8 Å². The molecule has 36 heavy (non-hydrogen) atoms. The number of para-hydroxylation sites is 3. The van der Waals surface area contributed by atoms with Crippen molar-refractivity contribution in [2.45, 2.75) is 11.8 Å². The molecule has 9 nitrogen and oxygen atoms in total. The SMILES string of the molecule is CC(=O)Nc1ccc(S(=O)(=O)Nc2nc3ccccc3nc2N2CCN(c3ccccc3)CC2)cc1. The van der Waals surface area contributed by atoms with Crippen molar-refractivity contribution in [2.24, 2.45) is 0 Å². The van der Waals surface area contributed by atoms with E-state index in [-0.39, 0.29) is 16.6 Å². The second-order valence-electron chi connectivity index (χ2n) is 8.51. The van der Waals surface area contributed by atoms with E-state index in [2.05, 4.69) is 37.0 Å². The van der Waals surface area contributed by atoms with Crippen molar-refractivity contribution in [3.05, 3.63) is 78.9 Å². The van der Waals surface area contributed by atoms with Crippen LogP contribution in [0, 0.1) is 0 Å². The molecule has 1 aliphatic rings. The Kier molecular flexibility index (Phi) is 6.43. The number of fused-ring (bicyclic) bond motifs is 1. The Morgan fingerprint density at radius 3 is 2.00 bits per heavy atom. The van der Waals surface area contributed by atoms with E-state index in [1.807, 2.05) is 36.4 Å². The number of aromatic nitrogens is 2. The molecule has 1 saturated heterocycles. The average molecular weight is 503 g/mol. The lowest BCUT2D eigenvalue weighted by Crippen LogP contribution is -2.47. The predicted molar refractivity (Wildman–Crippen MR) is 142 cm³/mol. The number of sulfonamides is 1. The maximum Gasteiger partial charge on any atom is 0.263 e. The number of rotatable bonds is 6. The molecular weight excluding hydrogens is 476 g/mol. The molecule has 1 aliphatic heterocycles. The summed E-state index contributed by atoms with van der Waals surface area (Å²) >= 11 is 0. The Morgan fingerprint density at radius 1 is 0.778 bits per heavy atom. The first-order valence-corrected chi connectivity index (χ1v) is 13.1. The number of nitrogens with one attached hydrogen (secondary N) is 2. The normalized spacial score (nSPS) is 14.0. The lowest BCUT2D eigenvalue weighted by atomic mass is 10.2. The van der Waals surface area contributed by atoms with Crippen LogP contribution in [0.3, 0.4) is 0 Å². The van der Waals surface area contributed by atoms with Crippen LogP contribution in [0.25, 0.3) is 11.0 Å². The zero-order valence-corrected chi connectivity index (χ0v) is 20.6. The van der Waals surface area contributed by atoms with Crippen LogP contribution in [0.5, 0.6) is 0 Å². The minimum Gasteiger partial charge on any atom is -0.368 e. The smallest absolute Gasteiger partial charge is 0.263 e. The molecule has 0 aliphatic carbocycles. The Balaban J connectivity index is 1.43. The van der Waals surface area contributed by atoms with Crippen LogP contribution in [-0.4, -0.2) is 50.5 Å². The van der Waals surface area contributed by atoms with Crippen molar-refractivity contribution in [2.75, 3.05) is 46.0 Å². The van der Waals surface area contributed by atoms with Gasteiger partial charge in [-0.15, -0.1) is 0 Å². The Hall–Kier alpha value is -4.18. The number of anilines is 4. The van der Waals surface area contributed by atoms with E-state index >= 15 is 0 Å². The molecule has 0 saturated carbocycles. The topological polar surface area (TPSA) is 108 Å². The molecule has 0 bridgehead atoms. The van der Waals surface area contributed by atoms with Crippen LogP contribution in [0.2, 0.25) is 0 Å². The van der Waals surface area contributed by atoms with E-state index < -0.39 is 10.0 Å². The van der Waals surface area contributed by atoms with E-state index in [4.69, 9.17) is 4.98 Å². The van der Waals surface area contributed by atoms with E-state index in [1.165, 1.54) is 19.1 Å². The van der Waals surface area contributed by atoms with Gasteiger partial charge in [-0.3, -0.25) is 9.52 Å². The third-order valence-corrected chi connectivity index (χ3v) is 7.32. The first kappa shape index (κ1) is 23.6. The minimum atomic E-state index is -3.94. The molecular formula is C26H26N6O3S. The van der Waals surface area contributed by atoms with Gasteiger partial charge in [0.25, 0.3) is 10.0 Å². The van der Waals surface area contributed by atoms with Gasteiger partial charge in [0.1, 0.15) is 0 Å². The number of piperazine rings is 1. The number of hydrogen-bond donors (Lipinski definition) is 2. The molecule has 4 aromatic rings. The van der Waals surface area contributed by atoms with Gasteiger partial charge in [0, 0.05) is 44.5 Å². The first-order valence-electron chi connectivity index (χ1n) is 11.6. The molecule has 1 amide bonds. The van der Waals surface area contributed by atoms with Crippen LogP contribution in [-0.2, 0) is 14.8 Å². The van der Waals surface area contributed by atoms with Crippen LogP contribution in [0.4, 0.5) is 23.0 Å². The summed E-state index contributed by atoms with van der Waals surface area (Å²) in [6.07, 6.45) is 0. The number of benzene rings is 3. The molecule has 0 spiro atoms. The fourth-order valence-corrected chi connectivity index (χ4v) is 5.21. The number of amides is 1. The molecule has 1 aromatic heterocycles. The van der Waals surface area contributed by atoms with Gasteiger partial charge in [-0.2, -0.15) is 0 Å². The van der Waals surface area contributed by atoms with Gasteiger partial charge < -0.3 is 15.1 Å². The van der Waals surface area contributed by atoms with Gasteiger partial charge in [-0.1, -0.05) is 30.3 Å². The molecule has 0 atom stereocenters. The highest BCUT2D eigenvalue weighted by atomic mass is 32.2. The summed E-state index contributed by atoms with van der Waals surface area (Å²) in [6.45, 7) is 4.28. The Bertz CT molecular complexity index is 1490. The zero-order chi connectivity index (χ0) is 25.1. The monoisotopic (exact) mass is 502 g/mol. The zero-order valence-electron chi connectivity index (χ0n) is 19.8. The van der Waals surface area contributed by atoms with Crippen molar-refractivity contribution in [1.29, 1.82) is 0 Å². The average Bonchev–Trinajstić information content (AvgIpc) is 2.89. The van der Waals surface area contributed by atoms with Crippen molar-refractivity contribution in [1.82, 2.24) is 9.97 Å². The van der Waals surface area contributed by atoms with Crippen molar-refractivity contribution in [3.8, 4) is 0 Å². The van der Waals surface area contributed by atoms with Crippen molar-refractivity contribution in [3.63, 3.8) is 0 Å². The van der Waals surface area contributed by atoms with Gasteiger partial charge in [0.2, 0.25) is 5.91 Å². The molecule has 0 unspecified atom stereocenters. The first-order chi connectivity index (χ1) is 17.4. The summed E-state index contributed by atoms with van der Waals surface area (Å²) in [5.41, 5.74) is 2.97. The summed E-state index contributed by atoms with van der Waals surface area (Å²) in [4.78, 5) is 25.1. The lowest BCUT2D eigenvalue weighted by molar-refractivity contribution is -0.114. The fraction of sp³-hybridized carbons (Fsp3) is 0.192. The summed E-state index contributed by atoms with van der Waals surface area (Å²) in [7, 11) is -3.94. The number of carbonyl (C=O) groups excluding carboxylic acids is 1. The molecule has 3 aromatic carbocycles. The molecule has 10 heteroatoms. The quantitative estimate of drug-likeness (QED) is 0.414. The van der Waals surface area contributed by atoms with Crippen molar-refractivity contribution < 1.29 is 13.2 Å². The second kappa shape index (κ2) is 9.82. The molecule has 0 radical (unpaired) electrons. The predicted octanol–water partition coefficient (Wildman–Crippen LogP) is 3.72. The van der Waals surface area contributed by atoms with E-state index in [0.717, 1.165) is 18.8 Å². The lowest BCUT2D eigenvalue weighted by Gasteiger charge is -2.37. The summed E-state index contributed by atoms with van der Waals surface area (Å²) < 4.78 is 29.2.